The minimum atomic E-state index is -0.577. The summed E-state index contributed by atoms with van der Waals surface area (Å²) >= 11 is 9.19. The van der Waals surface area contributed by atoms with Gasteiger partial charge in [0.15, 0.2) is 18.1 Å². The van der Waals surface area contributed by atoms with Gasteiger partial charge in [0.25, 0.3) is 5.91 Å². The lowest BCUT2D eigenvalue weighted by Gasteiger charge is -2.12. The van der Waals surface area contributed by atoms with Crippen molar-refractivity contribution in [3.63, 3.8) is 0 Å². The van der Waals surface area contributed by atoms with Crippen LogP contribution in [-0.2, 0) is 14.3 Å². The fourth-order valence-electron chi connectivity index (χ4n) is 2.17. The number of anilines is 1. The standard InChI is InChI=1S/C20H16BrClN2O5/c1-27-17-8-12(16(21)9-18(17)29-11-19(25)28-2)7-13(10-23)20(26)24-15-5-3-14(22)4-6-15/h3-9H,11H2,1-2H3,(H,24,26). The minimum absolute atomic E-state index is 0.120. The second-order valence-corrected chi connectivity index (χ2v) is 6.81. The van der Waals surface area contributed by atoms with Crippen LogP contribution in [0.25, 0.3) is 6.08 Å². The van der Waals surface area contributed by atoms with Crippen LogP contribution >= 0.6 is 27.5 Å². The maximum absolute atomic E-state index is 12.4. The largest absolute Gasteiger partial charge is 0.493 e. The predicted octanol–water partition coefficient (Wildman–Crippen LogP) is 4.21. The molecule has 7 nitrogen and oxygen atoms in total. The van der Waals surface area contributed by atoms with E-state index in [1.807, 2.05) is 6.07 Å². The number of hydrogen-bond donors (Lipinski definition) is 1. The molecule has 0 unspecified atom stereocenters. The van der Waals surface area contributed by atoms with Crippen molar-refractivity contribution in [3.05, 3.63) is 57.0 Å². The monoisotopic (exact) mass is 478 g/mol. The lowest BCUT2D eigenvalue weighted by Crippen LogP contribution is -2.13. The first kappa shape index (κ1) is 22.3. The number of nitriles is 1. The summed E-state index contributed by atoms with van der Waals surface area (Å²) in [6.45, 7) is -0.290. The molecule has 0 aliphatic carbocycles. The number of nitrogens with one attached hydrogen (secondary N) is 1. The molecule has 0 aliphatic rings. The number of carbonyl (C=O) groups is 2. The SMILES string of the molecule is COC(=O)COc1cc(Br)c(C=C(C#N)C(=O)Nc2ccc(Cl)cc2)cc1OC. The Morgan fingerprint density at radius 3 is 2.48 bits per heavy atom. The van der Waals surface area contributed by atoms with Gasteiger partial charge in [-0.05, 0) is 48.0 Å². The summed E-state index contributed by atoms with van der Waals surface area (Å²) in [6.07, 6.45) is 1.40. The van der Waals surface area contributed by atoms with Crippen LogP contribution in [-0.4, -0.2) is 32.7 Å². The number of rotatable bonds is 7. The Morgan fingerprint density at radius 1 is 1.21 bits per heavy atom. The molecular formula is C20H16BrClN2O5. The molecule has 0 heterocycles. The van der Waals surface area contributed by atoms with Gasteiger partial charge < -0.3 is 19.5 Å². The molecule has 0 atom stereocenters. The number of benzene rings is 2. The first-order valence-corrected chi connectivity index (χ1v) is 9.31. The van der Waals surface area contributed by atoms with Crippen LogP contribution in [0.5, 0.6) is 11.5 Å². The van der Waals surface area contributed by atoms with Crippen LogP contribution in [0.3, 0.4) is 0 Å². The molecule has 0 spiro atoms. The Bertz CT molecular complexity index is 984. The van der Waals surface area contributed by atoms with Crippen molar-refractivity contribution < 1.29 is 23.8 Å². The first-order chi connectivity index (χ1) is 13.9. The minimum Gasteiger partial charge on any atom is -0.493 e. The lowest BCUT2D eigenvalue weighted by atomic mass is 10.1. The fourth-order valence-corrected chi connectivity index (χ4v) is 2.73. The van der Waals surface area contributed by atoms with E-state index in [4.69, 9.17) is 21.1 Å². The number of amides is 1. The highest BCUT2D eigenvalue weighted by Gasteiger charge is 2.15. The zero-order chi connectivity index (χ0) is 21.4. The van der Waals surface area contributed by atoms with Crippen LogP contribution in [0, 0.1) is 11.3 Å². The summed E-state index contributed by atoms with van der Waals surface area (Å²) in [6, 6.07) is 11.5. The van der Waals surface area contributed by atoms with Crippen LogP contribution in [0.2, 0.25) is 5.02 Å². The van der Waals surface area contributed by atoms with Crippen molar-refractivity contribution in [2.75, 3.05) is 26.1 Å². The maximum Gasteiger partial charge on any atom is 0.343 e. The highest BCUT2D eigenvalue weighted by molar-refractivity contribution is 9.10. The van der Waals surface area contributed by atoms with E-state index in [0.717, 1.165) is 0 Å². The number of methoxy groups -OCH3 is 2. The van der Waals surface area contributed by atoms with Gasteiger partial charge >= 0.3 is 5.97 Å². The number of halogens is 2. The molecule has 0 aliphatic heterocycles. The molecule has 0 fully saturated rings. The quantitative estimate of drug-likeness (QED) is 0.363. The van der Waals surface area contributed by atoms with Crippen LogP contribution < -0.4 is 14.8 Å². The van der Waals surface area contributed by atoms with Gasteiger partial charge in [-0.1, -0.05) is 27.5 Å². The molecule has 2 aromatic rings. The normalized spacial score (nSPS) is 10.7. The lowest BCUT2D eigenvalue weighted by molar-refractivity contribution is -0.142. The van der Waals surface area contributed by atoms with E-state index in [0.29, 0.717) is 32.2 Å². The second-order valence-electron chi connectivity index (χ2n) is 5.52. The van der Waals surface area contributed by atoms with Gasteiger partial charge in [0.2, 0.25) is 0 Å². The van der Waals surface area contributed by atoms with Crippen molar-refractivity contribution in [2.45, 2.75) is 0 Å². The van der Waals surface area contributed by atoms with E-state index in [1.165, 1.54) is 20.3 Å². The third-order valence-corrected chi connectivity index (χ3v) is 4.56. The van der Waals surface area contributed by atoms with Gasteiger partial charge in [-0.15, -0.1) is 0 Å². The zero-order valence-corrected chi connectivity index (χ0v) is 17.8. The van der Waals surface area contributed by atoms with Crippen molar-refractivity contribution in [1.82, 2.24) is 0 Å². The molecule has 1 amide bonds. The third kappa shape index (κ3) is 6.24. The van der Waals surface area contributed by atoms with Gasteiger partial charge in [-0.3, -0.25) is 4.79 Å². The zero-order valence-electron chi connectivity index (χ0n) is 15.5. The van der Waals surface area contributed by atoms with Gasteiger partial charge in [-0.2, -0.15) is 5.26 Å². The van der Waals surface area contributed by atoms with Gasteiger partial charge in [-0.25, -0.2) is 4.79 Å². The third-order valence-electron chi connectivity index (χ3n) is 3.62. The molecule has 2 aromatic carbocycles. The molecule has 150 valence electrons. The molecule has 1 N–H and O–H groups in total. The summed E-state index contributed by atoms with van der Waals surface area (Å²) in [4.78, 5) is 23.7. The maximum atomic E-state index is 12.4. The number of esters is 1. The Hall–Kier alpha value is -3.02. The van der Waals surface area contributed by atoms with E-state index >= 15 is 0 Å². The fraction of sp³-hybridized carbons (Fsp3) is 0.150. The first-order valence-electron chi connectivity index (χ1n) is 8.13. The average molecular weight is 480 g/mol. The van der Waals surface area contributed by atoms with Crippen LogP contribution in [0.4, 0.5) is 5.69 Å². The molecule has 0 saturated heterocycles. The van der Waals surface area contributed by atoms with Crippen molar-refractivity contribution in [3.8, 4) is 17.6 Å². The summed E-state index contributed by atoms with van der Waals surface area (Å²) in [5.41, 5.74) is 0.893. The van der Waals surface area contributed by atoms with Crippen molar-refractivity contribution >= 4 is 51.2 Å². The van der Waals surface area contributed by atoms with Crippen LogP contribution in [0.15, 0.2) is 46.4 Å². The Balaban J connectivity index is 2.27. The Morgan fingerprint density at radius 2 is 1.90 bits per heavy atom. The molecule has 2 rings (SSSR count). The number of ether oxygens (including phenoxy) is 3. The number of carbonyl (C=O) groups excluding carboxylic acids is 2. The Kier molecular flexibility index (Phi) is 8.07. The molecule has 0 radical (unpaired) electrons. The summed E-state index contributed by atoms with van der Waals surface area (Å²) < 4.78 is 15.7. The topological polar surface area (TPSA) is 97.7 Å². The molecule has 9 heteroatoms. The van der Waals surface area contributed by atoms with E-state index in [-0.39, 0.29) is 12.2 Å². The molecular weight excluding hydrogens is 464 g/mol. The van der Waals surface area contributed by atoms with E-state index in [1.54, 1.807) is 36.4 Å². The van der Waals surface area contributed by atoms with Crippen LogP contribution in [0.1, 0.15) is 5.56 Å². The van der Waals surface area contributed by atoms with Crippen molar-refractivity contribution in [1.29, 1.82) is 5.26 Å². The smallest absolute Gasteiger partial charge is 0.343 e. The summed E-state index contributed by atoms with van der Waals surface area (Å²) in [5.74, 6) is -0.505. The highest BCUT2D eigenvalue weighted by Crippen LogP contribution is 2.34. The average Bonchev–Trinajstić information content (AvgIpc) is 2.72. The van der Waals surface area contributed by atoms with E-state index in [9.17, 15) is 14.9 Å². The predicted molar refractivity (Wildman–Crippen MR) is 112 cm³/mol. The van der Waals surface area contributed by atoms with Crippen molar-refractivity contribution in [2.24, 2.45) is 0 Å². The highest BCUT2D eigenvalue weighted by atomic mass is 79.9. The summed E-state index contributed by atoms with van der Waals surface area (Å²) in [5, 5.41) is 12.6. The number of nitrogens with zero attached hydrogens (tertiary/aromatic N) is 1. The molecule has 0 bridgehead atoms. The van der Waals surface area contributed by atoms with E-state index in [2.05, 4.69) is 26.0 Å². The summed E-state index contributed by atoms with van der Waals surface area (Å²) in [7, 11) is 2.69. The number of hydrogen-bond acceptors (Lipinski definition) is 6. The van der Waals surface area contributed by atoms with Gasteiger partial charge in [0.05, 0.1) is 14.2 Å². The van der Waals surface area contributed by atoms with Gasteiger partial charge in [0.1, 0.15) is 11.6 Å². The molecule has 29 heavy (non-hydrogen) atoms. The van der Waals surface area contributed by atoms with Gasteiger partial charge in [0, 0.05) is 15.2 Å². The second kappa shape index (κ2) is 10.5. The molecule has 0 saturated carbocycles. The molecule has 0 aromatic heterocycles. The Labute approximate surface area is 180 Å². The van der Waals surface area contributed by atoms with E-state index < -0.39 is 11.9 Å².